The van der Waals surface area contributed by atoms with Crippen LogP contribution in [0.1, 0.15) is 17.5 Å². The number of fused-ring (bicyclic) bond motifs is 1. The fourth-order valence-electron chi connectivity index (χ4n) is 2.99. The Hall–Kier alpha value is -2.49. The van der Waals surface area contributed by atoms with Crippen LogP contribution in [0.3, 0.4) is 0 Å². The van der Waals surface area contributed by atoms with E-state index < -0.39 is 0 Å². The van der Waals surface area contributed by atoms with Gasteiger partial charge in [-0.15, -0.1) is 0 Å². The number of amides is 1. The van der Waals surface area contributed by atoms with Gasteiger partial charge in [0.1, 0.15) is 11.5 Å². The summed E-state index contributed by atoms with van der Waals surface area (Å²) in [5, 5.41) is 0. The van der Waals surface area contributed by atoms with Crippen molar-refractivity contribution < 1.29 is 14.3 Å². The highest BCUT2D eigenvalue weighted by Gasteiger charge is 2.23. The van der Waals surface area contributed by atoms with E-state index in [-0.39, 0.29) is 5.91 Å². The Labute approximate surface area is 136 Å². The molecule has 120 valence electrons. The standard InChI is InChI=1S/C19H21NO3/c1-22-16-11-14(12-17(13-16)23-2)7-8-19(21)20-10-9-15-5-3-4-6-18(15)20/h3-6,11-13H,7-10H2,1-2H3. The zero-order valence-corrected chi connectivity index (χ0v) is 13.5. The van der Waals surface area contributed by atoms with Gasteiger partial charge >= 0.3 is 0 Å². The quantitative estimate of drug-likeness (QED) is 0.851. The fourth-order valence-corrected chi connectivity index (χ4v) is 2.99. The molecule has 1 aliphatic heterocycles. The molecule has 2 aromatic carbocycles. The third kappa shape index (κ3) is 3.31. The SMILES string of the molecule is COc1cc(CCC(=O)N2CCc3ccccc32)cc(OC)c1. The van der Waals surface area contributed by atoms with E-state index in [2.05, 4.69) is 6.07 Å². The average molecular weight is 311 g/mol. The van der Waals surface area contributed by atoms with Gasteiger partial charge in [0.05, 0.1) is 14.2 Å². The number of hydrogen-bond donors (Lipinski definition) is 0. The Morgan fingerprint density at radius 1 is 1.09 bits per heavy atom. The first-order valence-corrected chi connectivity index (χ1v) is 7.81. The number of anilines is 1. The van der Waals surface area contributed by atoms with Gasteiger partial charge in [0.2, 0.25) is 5.91 Å². The van der Waals surface area contributed by atoms with Gasteiger partial charge in [-0.05, 0) is 42.2 Å². The molecule has 1 amide bonds. The van der Waals surface area contributed by atoms with Crippen LogP contribution in [0.4, 0.5) is 5.69 Å². The number of para-hydroxylation sites is 1. The normalized spacial score (nSPS) is 12.9. The molecule has 0 atom stereocenters. The summed E-state index contributed by atoms with van der Waals surface area (Å²) in [6.07, 6.45) is 2.09. The molecule has 0 radical (unpaired) electrons. The molecule has 0 bridgehead atoms. The van der Waals surface area contributed by atoms with Crippen LogP contribution in [0, 0.1) is 0 Å². The number of carbonyl (C=O) groups is 1. The smallest absolute Gasteiger partial charge is 0.227 e. The van der Waals surface area contributed by atoms with Gasteiger partial charge < -0.3 is 14.4 Å². The molecule has 1 aliphatic rings. The summed E-state index contributed by atoms with van der Waals surface area (Å²) >= 11 is 0. The topological polar surface area (TPSA) is 38.8 Å². The summed E-state index contributed by atoms with van der Waals surface area (Å²) in [6.45, 7) is 0.777. The summed E-state index contributed by atoms with van der Waals surface area (Å²) < 4.78 is 10.6. The van der Waals surface area contributed by atoms with E-state index in [1.807, 2.05) is 41.3 Å². The second-order valence-corrected chi connectivity index (χ2v) is 5.65. The lowest BCUT2D eigenvalue weighted by molar-refractivity contribution is -0.118. The Balaban J connectivity index is 1.68. The maximum absolute atomic E-state index is 12.6. The van der Waals surface area contributed by atoms with Crippen LogP contribution in [-0.2, 0) is 17.6 Å². The number of rotatable bonds is 5. The number of ether oxygens (including phenoxy) is 2. The van der Waals surface area contributed by atoms with Crippen molar-refractivity contribution in [2.75, 3.05) is 25.7 Å². The van der Waals surface area contributed by atoms with Gasteiger partial charge in [0.25, 0.3) is 0 Å². The van der Waals surface area contributed by atoms with E-state index in [1.54, 1.807) is 14.2 Å². The van der Waals surface area contributed by atoms with Crippen molar-refractivity contribution in [1.82, 2.24) is 0 Å². The minimum atomic E-state index is 0.164. The average Bonchev–Trinajstić information content (AvgIpc) is 3.03. The van der Waals surface area contributed by atoms with Crippen LogP contribution in [0.5, 0.6) is 11.5 Å². The minimum Gasteiger partial charge on any atom is -0.497 e. The van der Waals surface area contributed by atoms with Gasteiger partial charge in [-0.1, -0.05) is 18.2 Å². The minimum absolute atomic E-state index is 0.164. The first-order valence-electron chi connectivity index (χ1n) is 7.81. The molecule has 0 spiro atoms. The van der Waals surface area contributed by atoms with Crippen LogP contribution >= 0.6 is 0 Å². The van der Waals surface area contributed by atoms with E-state index in [9.17, 15) is 4.79 Å². The number of hydrogen-bond acceptors (Lipinski definition) is 3. The number of nitrogens with zero attached hydrogens (tertiary/aromatic N) is 1. The molecule has 3 rings (SSSR count). The van der Waals surface area contributed by atoms with Crippen LogP contribution in [0.15, 0.2) is 42.5 Å². The first kappa shape index (κ1) is 15.4. The van der Waals surface area contributed by atoms with E-state index in [4.69, 9.17) is 9.47 Å². The summed E-state index contributed by atoms with van der Waals surface area (Å²) in [4.78, 5) is 14.4. The molecule has 0 aromatic heterocycles. The third-order valence-electron chi connectivity index (χ3n) is 4.23. The van der Waals surface area contributed by atoms with Crippen molar-refractivity contribution >= 4 is 11.6 Å². The van der Waals surface area contributed by atoms with Gasteiger partial charge in [-0.3, -0.25) is 4.79 Å². The molecule has 0 fully saturated rings. The second kappa shape index (κ2) is 6.73. The predicted octanol–water partition coefficient (Wildman–Crippen LogP) is 3.23. The first-order chi connectivity index (χ1) is 11.2. The molecule has 0 N–H and O–H groups in total. The molecular formula is C19H21NO3. The maximum atomic E-state index is 12.6. The highest BCUT2D eigenvalue weighted by molar-refractivity contribution is 5.95. The van der Waals surface area contributed by atoms with Crippen molar-refractivity contribution in [2.45, 2.75) is 19.3 Å². The highest BCUT2D eigenvalue weighted by Crippen LogP contribution is 2.28. The number of methoxy groups -OCH3 is 2. The summed E-state index contributed by atoms with van der Waals surface area (Å²) in [7, 11) is 3.26. The largest absolute Gasteiger partial charge is 0.497 e. The Morgan fingerprint density at radius 2 is 1.78 bits per heavy atom. The molecule has 0 aliphatic carbocycles. The van der Waals surface area contributed by atoms with Crippen LogP contribution < -0.4 is 14.4 Å². The van der Waals surface area contributed by atoms with Crippen LogP contribution in [0.2, 0.25) is 0 Å². The van der Waals surface area contributed by atoms with Crippen molar-refractivity contribution in [3.63, 3.8) is 0 Å². The second-order valence-electron chi connectivity index (χ2n) is 5.65. The molecule has 0 unspecified atom stereocenters. The zero-order chi connectivity index (χ0) is 16.2. The van der Waals surface area contributed by atoms with Crippen molar-refractivity contribution in [3.8, 4) is 11.5 Å². The van der Waals surface area contributed by atoms with E-state index in [1.165, 1.54) is 5.56 Å². The number of carbonyl (C=O) groups excluding carboxylic acids is 1. The van der Waals surface area contributed by atoms with Gasteiger partial charge in [0.15, 0.2) is 0 Å². The van der Waals surface area contributed by atoms with Crippen LogP contribution in [-0.4, -0.2) is 26.7 Å². The summed E-state index contributed by atoms with van der Waals surface area (Å²) in [5.41, 5.74) is 3.35. The molecule has 2 aromatic rings. The summed E-state index contributed by atoms with van der Waals surface area (Å²) in [6, 6.07) is 13.9. The Kier molecular flexibility index (Phi) is 4.51. The lowest BCUT2D eigenvalue weighted by Gasteiger charge is -2.17. The fraction of sp³-hybridized carbons (Fsp3) is 0.316. The van der Waals surface area contributed by atoms with Gasteiger partial charge in [-0.2, -0.15) is 0 Å². The molecule has 0 saturated heterocycles. The highest BCUT2D eigenvalue weighted by atomic mass is 16.5. The molecule has 0 saturated carbocycles. The van der Waals surface area contributed by atoms with E-state index in [0.29, 0.717) is 12.8 Å². The zero-order valence-electron chi connectivity index (χ0n) is 13.5. The maximum Gasteiger partial charge on any atom is 0.227 e. The van der Waals surface area contributed by atoms with E-state index in [0.717, 1.165) is 35.7 Å². The van der Waals surface area contributed by atoms with Gasteiger partial charge in [-0.25, -0.2) is 0 Å². The Bertz CT molecular complexity index is 689. The monoisotopic (exact) mass is 311 g/mol. The third-order valence-corrected chi connectivity index (χ3v) is 4.23. The van der Waals surface area contributed by atoms with Crippen molar-refractivity contribution in [3.05, 3.63) is 53.6 Å². The lowest BCUT2D eigenvalue weighted by atomic mass is 10.1. The number of benzene rings is 2. The number of aryl methyl sites for hydroxylation is 1. The van der Waals surface area contributed by atoms with Crippen molar-refractivity contribution in [1.29, 1.82) is 0 Å². The van der Waals surface area contributed by atoms with Crippen LogP contribution in [0.25, 0.3) is 0 Å². The molecule has 4 nitrogen and oxygen atoms in total. The van der Waals surface area contributed by atoms with Crippen molar-refractivity contribution in [2.24, 2.45) is 0 Å². The Morgan fingerprint density at radius 3 is 2.48 bits per heavy atom. The van der Waals surface area contributed by atoms with E-state index >= 15 is 0 Å². The van der Waals surface area contributed by atoms with Gasteiger partial charge in [0, 0.05) is 24.7 Å². The lowest BCUT2D eigenvalue weighted by Crippen LogP contribution is -2.29. The molecular weight excluding hydrogens is 290 g/mol. The predicted molar refractivity (Wildman–Crippen MR) is 90.4 cm³/mol. The molecule has 1 heterocycles. The molecule has 23 heavy (non-hydrogen) atoms. The summed E-state index contributed by atoms with van der Waals surface area (Å²) in [5.74, 6) is 1.66. The molecule has 4 heteroatoms.